The predicted molar refractivity (Wildman–Crippen MR) is 89.6 cm³/mol. The number of H-pyrrole nitrogens is 1. The van der Waals surface area contributed by atoms with E-state index in [9.17, 15) is 4.79 Å². The van der Waals surface area contributed by atoms with Crippen LogP contribution >= 0.6 is 0 Å². The van der Waals surface area contributed by atoms with Crippen molar-refractivity contribution in [2.75, 3.05) is 0 Å². The number of hydrogen-bond donors (Lipinski definition) is 2. The third kappa shape index (κ3) is 2.89. The van der Waals surface area contributed by atoms with Crippen LogP contribution in [0.1, 0.15) is 47.8 Å². The van der Waals surface area contributed by atoms with Crippen molar-refractivity contribution < 1.29 is 4.79 Å². The molecule has 0 saturated heterocycles. The Labute approximate surface area is 139 Å². The van der Waals surface area contributed by atoms with Gasteiger partial charge in [-0.05, 0) is 50.3 Å². The predicted octanol–water partition coefficient (Wildman–Crippen LogP) is 2.38. The van der Waals surface area contributed by atoms with Crippen LogP contribution in [0.3, 0.4) is 0 Å². The molecule has 1 aliphatic carbocycles. The standard InChI is InChI=1S/C17H20N6O/c1-11-8-19-23(10-11)14-5-3-13(4-6-14)20-17(24)15-7-2-12-9-18-22-16(12)21-15/h2,7-10,13-14H,3-6H2,1H3,(H,20,24)(H,18,21,22). The number of rotatable bonds is 3. The summed E-state index contributed by atoms with van der Waals surface area (Å²) in [7, 11) is 0. The zero-order chi connectivity index (χ0) is 16.5. The Kier molecular flexibility index (Phi) is 3.76. The minimum absolute atomic E-state index is 0.120. The number of hydrogen-bond acceptors (Lipinski definition) is 4. The second kappa shape index (κ2) is 6.07. The summed E-state index contributed by atoms with van der Waals surface area (Å²) < 4.78 is 2.06. The number of fused-ring (bicyclic) bond motifs is 1. The molecule has 3 heterocycles. The third-order valence-corrected chi connectivity index (χ3v) is 4.67. The number of amides is 1. The molecule has 124 valence electrons. The van der Waals surface area contributed by atoms with Gasteiger partial charge in [-0.3, -0.25) is 14.6 Å². The summed E-state index contributed by atoms with van der Waals surface area (Å²) in [5.74, 6) is -0.120. The molecule has 0 spiro atoms. The van der Waals surface area contributed by atoms with E-state index in [0.29, 0.717) is 17.4 Å². The Morgan fingerprint density at radius 1 is 1.25 bits per heavy atom. The highest BCUT2D eigenvalue weighted by Crippen LogP contribution is 2.28. The molecule has 2 N–H and O–H groups in total. The second-order valence-corrected chi connectivity index (χ2v) is 6.48. The number of nitrogens with zero attached hydrogens (tertiary/aromatic N) is 4. The van der Waals surface area contributed by atoms with Crippen LogP contribution in [0.25, 0.3) is 11.0 Å². The van der Waals surface area contributed by atoms with Gasteiger partial charge in [0.05, 0.1) is 18.4 Å². The van der Waals surface area contributed by atoms with Crippen molar-refractivity contribution in [1.82, 2.24) is 30.3 Å². The van der Waals surface area contributed by atoms with Gasteiger partial charge in [0.2, 0.25) is 0 Å². The lowest BCUT2D eigenvalue weighted by atomic mass is 9.91. The molecule has 1 aliphatic rings. The molecule has 0 aliphatic heterocycles. The van der Waals surface area contributed by atoms with Crippen molar-refractivity contribution in [3.05, 3.63) is 42.0 Å². The van der Waals surface area contributed by atoms with E-state index in [1.165, 1.54) is 5.56 Å². The maximum Gasteiger partial charge on any atom is 0.270 e. The van der Waals surface area contributed by atoms with E-state index < -0.39 is 0 Å². The maximum atomic E-state index is 12.4. The molecule has 0 atom stereocenters. The van der Waals surface area contributed by atoms with E-state index in [1.54, 1.807) is 12.3 Å². The summed E-state index contributed by atoms with van der Waals surface area (Å²) in [6.45, 7) is 2.05. The molecular formula is C17H20N6O. The van der Waals surface area contributed by atoms with Gasteiger partial charge in [-0.15, -0.1) is 0 Å². The molecule has 3 aromatic rings. The Hall–Kier alpha value is -2.70. The normalized spacial score (nSPS) is 21.0. The highest BCUT2D eigenvalue weighted by molar-refractivity contribution is 5.94. The number of pyridine rings is 1. The number of aryl methyl sites for hydroxylation is 1. The van der Waals surface area contributed by atoms with E-state index in [-0.39, 0.29) is 11.9 Å². The average molecular weight is 324 g/mol. The highest BCUT2D eigenvalue weighted by Gasteiger charge is 2.24. The molecule has 1 saturated carbocycles. The zero-order valence-corrected chi connectivity index (χ0v) is 13.6. The summed E-state index contributed by atoms with van der Waals surface area (Å²) >= 11 is 0. The van der Waals surface area contributed by atoms with Crippen molar-refractivity contribution in [1.29, 1.82) is 0 Å². The van der Waals surface area contributed by atoms with Gasteiger partial charge in [0.1, 0.15) is 5.69 Å². The molecule has 7 nitrogen and oxygen atoms in total. The maximum absolute atomic E-state index is 12.4. The largest absolute Gasteiger partial charge is 0.348 e. The van der Waals surface area contributed by atoms with E-state index in [2.05, 4.69) is 43.4 Å². The Morgan fingerprint density at radius 3 is 2.83 bits per heavy atom. The number of aromatic nitrogens is 5. The van der Waals surface area contributed by atoms with Crippen molar-refractivity contribution in [2.45, 2.75) is 44.7 Å². The molecule has 0 aromatic carbocycles. The molecule has 1 amide bonds. The Balaban J connectivity index is 1.37. The van der Waals surface area contributed by atoms with Gasteiger partial charge in [-0.25, -0.2) is 4.98 Å². The molecule has 0 radical (unpaired) electrons. The molecule has 0 unspecified atom stereocenters. The van der Waals surface area contributed by atoms with Gasteiger partial charge in [0.25, 0.3) is 5.91 Å². The molecule has 4 rings (SSSR count). The van der Waals surface area contributed by atoms with Gasteiger partial charge in [0, 0.05) is 17.6 Å². The fourth-order valence-corrected chi connectivity index (χ4v) is 3.33. The first kappa shape index (κ1) is 14.9. The molecular weight excluding hydrogens is 304 g/mol. The summed E-state index contributed by atoms with van der Waals surface area (Å²) in [5.41, 5.74) is 2.25. The molecule has 1 fully saturated rings. The third-order valence-electron chi connectivity index (χ3n) is 4.67. The second-order valence-electron chi connectivity index (χ2n) is 6.48. The number of aromatic amines is 1. The fourth-order valence-electron chi connectivity index (χ4n) is 3.33. The van der Waals surface area contributed by atoms with Crippen LogP contribution < -0.4 is 5.32 Å². The van der Waals surface area contributed by atoms with Gasteiger partial charge in [-0.1, -0.05) is 0 Å². The zero-order valence-electron chi connectivity index (χ0n) is 13.6. The van der Waals surface area contributed by atoms with Crippen LogP contribution in [0.2, 0.25) is 0 Å². The Morgan fingerprint density at radius 2 is 2.08 bits per heavy atom. The SMILES string of the molecule is Cc1cnn(C2CCC(NC(=O)c3ccc4cn[nH]c4n3)CC2)c1. The molecule has 0 bridgehead atoms. The van der Waals surface area contributed by atoms with Crippen LogP contribution in [0.5, 0.6) is 0 Å². The van der Waals surface area contributed by atoms with Crippen LogP contribution in [-0.2, 0) is 0 Å². The van der Waals surface area contributed by atoms with Gasteiger partial charge in [-0.2, -0.15) is 10.2 Å². The average Bonchev–Trinajstić information content (AvgIpc) is 3.23. The lowest BCUT2D eigenvalue weighted by Crippen LogP contribution is -2.38. The summed E-state index contributed by atoms with van der Waals surface area (Å²) in [4.78, 5) is 16.7. The minimum Gasteiger partial charge on any atom is -0.348 e. The molecule has 24 heavy (non-hydrogen) atoms. The lowest BCUT2D eigenvalue weighted by molar-refractivity contribution is 0.0917. The van der Waals surface area contributed by atoms with Crippen molar-refractivity contribution in [3.8, 4) is 0 Å². The topological polar surface area (TPSA) is 88.5 Å². The first-order valence-corrected chi connectivity index (χ1v) is 8.31. The van der Waals surface area contributed by atoms with E-state index in [4.69, 9.17) is 0 Å². The van der Waals surface area contributed by atoms with Crippen LogP contribution in [-0.4, -0.2) is 36.9 Å². The lowest BCUT2D eigenvalue weighted by Gasteiger charge is -2.29. The highest BCUT2D eigenvalue weighted by atomic mass is 16.1. The van der Waals surface area contributed by atoms with Gasteiger partial charge in [0.15, 0.2) is 5.65 Å². The first-order chi connectivity index (χ1) is 11.7. The number of carbonyl (C=O) groups excluding carboxylic acids is 1. The number of nitrogens with one attached hydrogen (secondary N) is 2. The van der Waals surface area contributed by atoms with Crippen LogP contribution in [0, 0.1) is 6.92 Å². The van der Waals surface area contributed by atoms with E-state index >= 15 is 0 Å². The first-order valence-electron chi connectivity index (χ1n) is 8.31. The van der Waals surface area contributed by atoms with Gasteiger partial charge < -0.3 is 5.32 Å². The van der Waals surface area contributed by atoms with Crippen molar-refractivity contribution in [2.24, 2.45) is 0 Å². The molecule has 3 aromatic heterocycles. The monoisotopic (exact) mass is 324 g/mol. The smallest absolute Gasteiger partial charge is 0.270 e. The van der Waals surface area contributed by atoms with Gasteiger partial charge >= 0.3 is 0 Å². The van der Waals surface area contributed by atoms with Crippen LogP contribution in [0.15, 0.2) is 30.7 Å². The summed E-state index contributed by atoms with van der Waals surface area (Å²) in [6.07, 6.45) is 9.65. The Bertz CT molecular complexity index is 859. The summed E-state index contributed by atoms with van der Waals surface area (Å²) in [5, 5.41) is 15.1. The molecule has 7 heteroatoms. The van der Waals surface area contributed by atoms with Crippen LogP contribution in [0.4, 0.5) is 0 Å². The van der Waals surface area contributed by atoms with E-state index in [0.717, 1.165) is 31.1 Å². The summed E-state index contributed by atoms with van der Waals surface area (Å²) in [6, 6.07) is 4.24. The number of carbonyl (C=O) groups is 1. The van der Waals surface area contributed by atoms with Crippen molar-refractivity contribution in [3.63, 3.8) is 0 Å². The van der Waals surface area contributed by atoms with Crippen molar-refractivity contribution >= 4 is 16.9 Å². The minimum atomic E-state index is -0.120. The fraction of sp³-hybridized carbons (Fsp3) is 0.412. The quantitative estimate of drug-likeness (QED) is 0.774. The van der Waals surface area contributed by atoms with E-state index in [1.807, 2.05) is 12.3 Å².